The minimum Gasteiger partial charge on any atom is -0.476 e. The summed E-state index contributed by atoms with van der Waals surface area (Å²) in [5.41, 5.74) is 15.7. The van der Waals surface area contributed by atoms with Crippen LogP contribution in [0, 0.1) is 17.8 Å². The van der Waals surface area contributed by atoms with Crippen molar-refractivity contribution in [3.05, 3.63) is 123 Å². The number of aliphatic hydroxyl groups excluding tert-OH is 1. The maximum Gasteiger partial charge on any atom is 0.264 e. The van der Waals surface area contributed by atoms with Gasteiger partial charge in [0.05, 0.1) is 42.8 Å². The van der Waals surface area contributed by atoms with E-state index in [2.05, 4.69) is 127 Å². The van der Waals surface area contributed by atoms with Gasteiger partial charge >= 0.3 is 0 Å². The van der Waals surface area contributed by atoms with Crippen molar-refractivity contribution in [1.29, 1.82) is 0 Å². The molecular formula is C58H84N6O7S. The van der Waals surface area contributed by atoms with Gasteiger partial charge in [-0.3, -0.25) is 18.8 Å². The highest BCUT2D eigenvalue weighted by Crippen LogP contribution is 2.42. The van der Waals surface area contributed by atoms with Crippen molar-refractivity contribution < 1.29 is 32.0 Å². The van der Waals surface area contributed by atoms with Crippen molar-refractivity contribution in [3.8, 4) is 0 Å². The van der Waals surface area contributed by atoms with Gasteiger partial charge in [0, 0.05) is 32.7 Å². The Bertz CT molecular complexity index is 2580. The minimum atomic E-state index is -3.54. The van der Waals surface area contributed by atoms with Crippen LogP contribution in [-0.4, -0.2) is 152 Å². The van der Waals surface area contributed by atoms with E-state index >= 15 is 0 Å². The highest BCUT2D eigenvalue weighted by atomic mass is 32.2. The quantitative estimate of drug-likeness (QED) is 0.0913. The summed E-state index contributed by atoms with van der Waals surface area (Å²) in [7, 11) is 8.96. The average Bonchev–Trinajstić information content (AvgIpc) is 4.12. The summed E-state index contributed by atoms with van der Waals surface area (Å²) in [5.74, 6) is 0.533. The molecule has 72 heavy (non-hydrogen) atoms. The Kier molecular flexibility index (Phi) is 21.6. The summed E-state index contributed by atoms with van der Waals surface area (Å²) in [4.78, 5) is 36.4. The molecule has 1 aliphatic heterocycles. The lowest BCUT2D eigenvalue weighted by atomic mass is 9.91. The Morgan fingerprint density at radius 3 is 1.39 bits per heavy atom. The maximum atomic E-state index is 12.7. The Hall–Kier alpha value is -4.96. The van der Waals surface area contributed by atoms with Crippen LogP contribution in [0.5, 0.6) is 0 Å². The second-order valence-electron chi connectivity index (χ2n) is 20.9. The third-order valence-corrected chi connectivity index (χ3v) is 14.3. The lowest BCUT2D eigenvalue weighted by Crippen LogP contribution is -2.36. The molecule has 3 aromatic carbocycles. The van der Waals surface area contributed by atoms with Gasteiger partial charge in [-0.2, -0.15) is 8.42 Å². The molecule has 394 valence electrons. The highest BCUT2D eigenvalue weighted by molar-refractivity contribution is 7.86. The number of fused-ring (bicyclic) bond motifs is 3. The molecule has 13 nitrogen and oxygen atoms in total. The summed E-state index contributed by atoms with van der Waals surface area (Å²) >= 11 is 0. The predicted molar refractivity (Wildman–Crippen MR) is 294 cm³/mol. The van der Waals surface area contributed by atoms with Gasteiger partial charge in [-0.1, -0.05) is 89.5 Å². The number of carbonyl (C=O) groups excluding carboxylic acids is 2. The lowest BCUT2D eigenvalue weighted by molar-refractivity contribution is -0.124. The Balaban J connectivity index is 0.000000202. The summed E-state index contributed by atoms with van der Waals surface area (Å²) in [6, 6.07) is 25.4. The van der Waals surface area contributed by atoms with Crippen LogP contribution in [0.25, 0.3) is 16.7 Å². The molecular weight excluding hydrogens is 925 g/mol. The van der Waals surface area contributed by atoms with Gasteiger partial charge in [0.15, 0.2) is 5.90 Å². The van der Waals surface area contributed by atoms with Gasteiger partial charge in [0.1, 0.15) is 6.10 Å². The van der Waals surface area contributed by atoms with Crippen molar-refractivity contribution in [2.45, 2.75) is 98.4 Å². The Morgan fingerprint density at radius 1 is 0.653 bits per heavy atom. The van der Waals surface area contributed by atoms with Gasteiger partial charge in [0.2, 0.25) is 11.8 Å². The van der Waals surface area contributed by atoms with Crippen molar-refractivity contribution in [3.63, 3.8) is 0 Å². The molecule has 2 amide bonds. The summed E-state index contributed by atoms with van der Waals surface area (Å²) < 4.78 is 33.2. The Labute approximate surface area is 432 Å². The van der Waals surface area contributed by atoms with E-state index in [0.29, 0.717) is 6.54 Å². The van der Waals surface area contributed by atoms with E-state index < -0.39 is 22.3 Å². The summed E-state index contributed by atoms with van der Waals surface area (Å²) in [6.45, 7) is 15.7. The van der Waals surface area contributed by atoms with E-state index in [1.165, 1.54) is 50.1 Å². The van der Waals surface area contributed by atoms with Gasteiger partial charge in [-0.15, -0.1) is 0 Å². The average molecular weight is 1010 g/mol. The number of nitrogens with zero attached hydrogens (tertiary/aromatic N) is 4. The number of aliphatic imine (C=N–C) groups is 1. The smallest absolute Gasteiger partial charge is 0.264 e. The molecule has 0 aromatic heterocycles. The number of amides is 2. The molecule has 0 fully saturated rings. The molecule has 0 spiro atoms. The molecule has 6 atom stereocenters. The van der Waals surface area contributed by atoms with Crippen LogP contribution < -0.4 is 10.6 Å². The first-order chi connectivity index (χ1) is 34.0. The van der Waals surface area contributed by atoms with E-state index in [1.54, 1.807) is 19.4 Å². The third-order valence-electron chi connectivity index (χ3n) is 13.6. The molecule has 3 aliphatic carbocycles. The number of aliphatic hydroxyl groups is 1. The molecule has 6 unspecified atom stereocenters. The van der Waals surface area contributed by atoms with Crippen LogP contribution in [0.15, 0.2) is 94.5 Å². The fourth-order valence-corrected chi connectivity index (χ4v) is 10.6. The van der Waals surface area contributed by atoms with E-state index in [0.717, 1.165) is 88.0 Å². The molecule has 0 saturated carbocycles. The Morgan fingerprint density at radius 2 is 1.03 bits per heavy atom. The molecule has 0 saturated heterocycles. The van der Waals surface area contributed by atoms with Crippen molar-refractivity contribution >= 4 is 44.5 Å². The first-order valence-corrected chi connectivity index (χ1v) is 27.5. The maximum absolute atomic E-state index is 12.7. The number of hydrogen-bond donors (Lipinski definition) is 3. The monoisotopic (exact) mass is 1010 g/mol. The fourth-order valence-electron chi connectivity index (χ4n) is 9.98. The number of benzene rings is 3. The van der Waals surface area contributed by atoms with E-state index in [4.69, 9.17) is 8.92 Å². The number of hydrogen-bond acceptors (Lipinski definition) is 11. The van der Waals surface area contributed by atoms with Gasteiger partial charge < -0.3 is 35.2 Å². The summed E-state index contributed by atoms with van der Waals surface area (Å²) in [6.07, 6.45) is 6.01. The normalized spacial score (nSPS) is 18.1. The largest absolute Gasteiger partial charge is 0.476 e. The van der Waals surface area contributed by atoms with Crippen LogP contribution in [0.2, 0.25) is 0 Å². The van der Waals surface area contributed by atoms with Crippen molar-refractivity contribution in [2.75, 3.05) is 87.8 Å². The van der Waals surface area contributed by atoms with Crippen molar-refractivity contribution in [2.24, 2.45) is 22.7 Å². The number of ether oxygens (including phenoxy) is 1. The molecule has 0 bridgehead atoms. The molecule has 1 heterocycles. The zero-order valence-electron chi connectivity index (χ0n) is 45.5. The van der Waals surface area contributed by atoms with E-state index in [9.17, 15) is 23.1 Å². The zero-order valence-corrected chi connectivity index (χ0v) is 46.3. The molecule has 3 aromatic rings. The van der Waals surface area contributed by atoms with Gasteiger partial charge in [0.25, 0.3) is 10.1 Å². The fraction of sp³-hybridized carbons (Fsp3) is 0.534. The second-order valence-corrected chi connectivity index (χ2v) is 22.5. The number of carbonyl (C=O) groups is 2. The molecule has 7 rings (SSSR count). The van der Waals surface area contributed by atoms with Gasteiger partial charge in [-0.05, 0) is 172 Å². The lowest BCUT2D eigenvalue weighted by Gasteiger charge is -2.19. The topological polar surface area (TPSA) is 153 Å². The second kappa shape index (κ2) is 26.8. The highest BCUT2D eigenvalue weighted by Gasteiger charge is 2.33. The molecule has 4 aliphatic rings. The number of rotatable bonds is 21. The van der Waals surface area contributed by atoms with Crippen molar-refractivity contribution in [1.82, 2.24) is 25.3 Å². The standard InChI is InChI=1S/C20H30N2O4S.C19H28N2O2.C19H26N2O/c1-14(26-27(5,24)25)13-21-20(23)15(2)19-17(10-11-22(3)4)12-16-8-6-7-9-18(16)19;1-13(22)12-20-19(23)14(2)18-16(9-10-21(3)4)11-15-7-5-6-8-17(15)18;1-13-12-20-19(22-13)14(2)18-16(9-10-21(3)4)11-15-7-5-6-8-17(15)18/h6-9,14-15H,10-13H2,1-5H3,(H,21,23);5-8,13-14,22H,9-12H2,1-4H3,(H,20,23);5-8,13-14H,9-12H2,1-4H3. The molecule has 3 N–H and O–H groups in total. The van der Waals surface area contributed by atoms with Crippen LogP contribution in [0.3, 0.4) is 0 Å². The predicted octanol–water partition coefficient (Wildman–Crippen LogP) is 7.55. The minimum absolute atomic E-state index is 0.0139. The van der Waals surface area contributed by atoms with Crippen LogP contribution in [-0.2, 0) is 47.9 Å². The van der Waals surface area contributed by atoms with Gasteiger partial charge in [-0.25, -0.2) is 0 Å². The van der Waals surface area contributed by atoms with E-state index in [1.807, 2.05) is 46.1 Å². The number of nitrogens with one attached hydrogen (secondary N) is 2. The molecule has 14 heteroatoms. The molecule has 0 radical (unpaired) electrons. The van der Waals surface area contributed by atoms with Crippen LogP contribution >= 0.6 is 0 Å². The van der Waals surface area contributed by atoms with E-state index in [-0.39, 0.29) is 42.2 Å². The zero-order chi connectivity index (χ0) is 52.9. The van der Waals surface area contributed by atoms with Crippen LogP contribution in [0.4, 0.5) is 0 Å². The SMILES string of the molecule is CC(CNC(=O)C(C)C1=C(CCN(C)C)Cc2ccccc21)OS(C)(=O)=O.CC(O)CNC(=O)C(C)C1=C(CCN(C)C)Cc2ccccc21.CC1CN=C(C(C)C2=C(CCN(C)C)Cc3ccccc32)O1. The summed E-state index contributed by atoms with van der Waals surface area (Å²) in [5, 5.41) is 15.0. The first-order valence-electron chi connectivity index (χ1n) is 25.7. The first kappa shape index (κ1) is 57.9. The third kappa shape index (κ3) is 16.5. The van der Waals surface area contributed by atoms with Crippen LogP contribution in [0.1, 0.15) is 94.2 Å².